The van der Waals surface area contributed by atoms with Crippen molar-refractivity contribution < 1.29 is 13.9 Å². The van der Waals surface area contributed by atoms with Gasteiger partial charge in [-0.3, -0.25) is 0 Å². The molecule has 5 heteroatoms. The van der Waals surface area contributed by atoms with Gasteiger partial charge in [0.25, 0.3) is 0 Å². The molecule has 0 aliphatic heterocycles. The Hall–Kier alpha value is -1.88. The molecule has 0 atom stereocenters. The highest BCUT2D eigenvalue weighted by Gasteiger charge is 2.17. The molecule has 3 rings (SSSR count). The molecule has 25 heavy (non-hydrogen) atoms. The summed E-state index contributed by atoms with van der Waals surface area (Å²) in [4.78, 5) is 13.0. The third-order valence-corrected chi connectivity index (χ3v) is 5.64. The largest absolute Gasteiger partial charge is 0.502 e. The predicted octanol–water partition coefficient (Wildman–Crippen LogP) is 5.15. The summed E-state index contributed by atoms with van der Waals surface area (Å²) in [6.07, 6.45) is 8.39. The van der Waals surface area contributed by atoms with Crippen LogP contribution < -0.4 is 10.4 Å². The van der Waals surface area contributed by atoms with E-state index < -0.39 is 0 Å². The zero-order valence-electron chi connectivity index (χ0n) is 14.4. The minimum atomic E-state index is -0.381. The first kappa shape index (κ1) is 17.9. The van der Waals surface area contributed by atoms with E-state index in [1.807, 2.05) is 23.9 Å². The number of thioether (sulfide) groups is 1. The van der Waals surface area contributed by atoms with Crippen LogP contribution in [0, 0.1) is 0 Å². The Labute approximate surface area is 152 Å². The average molecular weight is 360 g/mol. The third kappa shape index (κ3) is 5.05. The summed E-state index contributed by atoms with van der Waals surface area (Å²) in [5.74, 6) is 0.602. The van der Waals surface area contributed by atoms with Gasteiger partial charge in [-0.05, 0) is 43.9 Å². The Bertz CT molecular complexity index is 762. The highest BCUT2D eigenvalue weighted by atomic mass is 32.2. The number of rotatable bonds is 9. The van der Waals surface area contributed by atoms with Crippen LogP contribution in [0.25, 0.3) is 11.0 Å². The molecule has 2 aromatic rings. The SMILES string of the molecule is C=COCCCCOc1cc(=O)oc2ccc(SC3CCCC3)cc12. The standard InChI is InChI=1S/C20H24O4S/c1-2-22-11-5-6-12-23-19-14-20(21)24-18-10-9-16(13-17(18)19)25-15-7-3-4-8-15/h2,9-10,13-15H,1,3-8,11-12H2. The van der Waals surface area contributed by atoms with Crippen molar-refractivity contribution in [2.24, 2.45) is 0 Å². The predicted molar refractivity (Wildman–Crippen MR) is 101 cm³/mol. The van der Waals surface area contributed by atoms with Crippen molar-refractivity contribution >= 4 is 22.7 Å². The molecule has 134 valence electrons. The smallest absolute Gasteiger partial charge is 0.339 e. The number of ether oxygens (including phenoxy) is 2. The van der Waals surface area contributed by atoms with Gasteiger partial charge < -0.3 is 13.9 Å². The minimum absolute atomic E-state index is 0.381. The maximum atomic E-state index is 11.8. The zero-order chi connectivity index (χ0) is 17.5. The molecular formula is C20H24O4S. The number of hydrogen-bond donors (Lipinski definition) is 0. The fourth-order valence-electron chi connectivity index (χ4n) is 3.06. The second-order valence-electron chi connectivity index (χ2n) is 6.20. The lowest BCUT2D eigenvalue weighted by molar-refractivity contribution is 0.226. The highest BCUT2D eigenvalue weighted by molar-refractivity contribution is 8.00. The van der Waals surface area contributed by atoms with Crippen LogP contribution in [-0.4, -0.2) is 18.5 Å². The number of benzene rings is 1. The first-order valence-corrected chi connectivity index (χ1v) is 9.74. The maximum absolute atomic E-state index is 11.8. The molecule has 1 heterocycles. The van der Waals surface area contributed by atoms with Crippen LogP contribution in [0.2, 0.25) is 0 Å². The van der Waals surface area contributed by atoms with Crippen molar-refractivity contribution in [1.82, 2.24) is 0 Å². The van der Waals surface area contributed by atoms with E-state index in [2.05, 4.69) is 12.6 Å². The second-order valence-corrected chi connectivity index (χ2v) is 7.58. The van der Waals surface area contributed by atoms with Gasteiger partial charge in [0.1, 0.15) is 11.3 Å². The van der Waals surface area contributed by atoms with Crippen molar-refractivity contribution in [2.75, 3.05) is 13.2 Å². The first-order valence-electron chi connectivity index (χ1n) is 8.86. The topological polar surface area (TPSA) is 48.7 Å². The quantitative estimate of drug-likeness (QED) is 0.352. The Balaban J connectivity index is 1.71. The van der Waals surface area contributed by atoms with Crippen LogP contribution >= 0.6 is 11.8 Å². The van der Waals surface area contributed by atoms with Crippen LogP contribution in [0.15, 0.2) is 51.2 Å². The minimum Gasteiger partial charge on any atom is -0.502 e. The van der Waals surface area contributed by atoms with Gasteiger partial charge >= 0.3 is 5.63 Å². The zero-order valence-corrected chi connectivity index (χ0v) is 15.2. The summed E-state index contributed by atoms with van der Waals surface area (Å²) in [6, 6.07) is 7.42. The van der Waals surface area contributed by atoms with Crippen LogP contribution in [0.5, 0.6) is 5.75 Å². The van der Waals surface area contributed by atoms with Gasteiger partial charge in [0.2, 0.25) is 0 Å². The average Bonchev–Trinajstić information content (AvgIpc) is 3.11. The van der Waals surface area contributed by atoms with E-state index in [1.54, 1.807) is 0 Å². The molecular weight excluding hydrogens is 336 g/mol. The van der Waals surface area contributed by atoms with Gasteiger partial charge in [-0.25, -0.2) is 4.79 Å². The second kappa shape index (κ2) is 8.99. The third-order valence-electron chi connectivity index (χ3n) is 4.31. The van der Waals surface area contributed by atoms with E-state index in [0.717, 1.165) is 18.2 Å². The Morgan fingerprint density at radius 3 is 2.80 bits per heavy atom. The Morgan fingerprint density at radius 2 is 2.00 bits per heavy atom. The number of fused-ring (bicyclic) bond motifs is 1. The summed E-state index contributed by atoms with van der Waals surface area (Å²) in [6.45, 7) is 4.69. The molecule has 1 aromatic heterocycles. The van der Waals surface area contributed by atoms with E-state index in [1.165, 1.54) is 42.9 Å². The lowest BCUT2D eigenvalue weighted by Gasteiger charge is -2.11. The fourth-order valence-corrected chi connectivity index (χ4v) is 4.34. The van der Waals surface area contributed by atoms with Crippen molar-refractivity contribution in [1.29, 1.82) is 0 Å². The van der Waals surface area contributed by atoms with Crippen LogP contribution in [0.1, 0.15) is 38.5 Å². The Morgan fingerprint density at radius 1 is 1.20 bits per heavy atom. The Kier molecular flexibility index (Phi) is 6.45. The van der Waals surface area contributed by atoms with Crippen molar-refractivity contribution in [3.8, 4) is 5.75 Å². The normalized spacial score (nSPS) is 14.7. The van der Waals surface area contributed by atoms with Gasteiger partial charge in [0.15, 0.2) is 0 Å². The molecule has 0 unspecified atom stereocenters. The van der Waals surface area contributed by atoms with Gasteiger partial charge in [-0.2, -0.15) is 0 Å². The van der Waals surface area contributed by atoms with Gasteiger partial charge in [0, 0.05) is 10.1 Å². The summed E-state index contributed by atoms with van der Waals surface area (Å²) >= 11 is 1.92. The molecule has 1 saturated carbocycles. The number of unbranched alkanes of at least 4 members (excludes halogenated alkanes) is 1. The monoisotopic (exact) mass is 360 g/mol. The molecule has 1 aromatic carbocycles. The summed E-state index contributed by atoms with van der Waals surface area (Å²) < 4.78 is 16.3. The van der Waals surface area contributed by atoms with Crippen LogP contribution in [0.3, 0.4) is 0 Å². The number of hydrogen-bond acceptors (Lipinski definition) is 5. The van der Waals surface area contributed by atoms with Crippen LogP contribution in [0.4, 0.5) is 0 Å². The van der Waals surface area contributed by atoms with Gasteiger partial charge in [-0.1, -0.05) is 19.4 Å². The molecule has 0 saturated heterocycles. The maximum Gasteiger partial charge on any atom is 0.339 e. The van der Waals surface area contributed by atoms with Crippen molar-refractivity contribution in [3.05, 3.63) is 47.5 Å². The van der Waals surface area contributed by atoms with E-state index >= 15 is 0 Å². The lowest BCUT2D eigenvalue weighted by atomic mass is 10.2. The molecule has 4 nitrogen and oxygen atoms in total. The first-order chi connectivity index (χ1) is 12.3. The van der Waals surface area contributed by atoms with Gasteiger partial charge in [-0.15, -0.1) is 11.8 Å². The van der Waals surface area contributed by atoms with E-state index in [-0.39, 0.29) is 5.63 Å². The molecule has 1 aliphatic carbocycles. The molecule has 1 fully saturated rings. The van der Waals surface area contributed by atoms with E-state index in [0.29, 0.717) is 29.8 Å². The van der Waals surface area contributed by atoms with Gasteiger partial charge in [0.05, 0.1) is 30.9 Å². The fraction of sp³-hybridized carbons (Fsp3) is 0.450. The summed E-state index contributed by atoms with van der Waals surface area (Å²) in [7, 11) is 0. The van der Waals surface area contributed by atoms with Crippen LogP contribution in [-0.2, 0) is 4.74 Å². The molecule has 1 aliphatic rings. The molecule has 0 bridgehead atoms. The highest BCUT2D eigenvalue weighted by Crippen LogP contribution is 2.37. The van der Waals surface area contributed by atoms with E-state index in [9.17, 15) is 4.79 Å². The molecule has 0 N–H and O–H groups in total. The summed E-state index contributed by atoms with van der Waals surface area (Å²) in [5.41, 5.74) is 0.196. The van der Waals surface area contributed by atoms with E-state index in [4.69, 9.17) is 13.9 Å². The molecule has 0 amide bonds. The molecule has 0 radical (unpaired) electrons. The van der Waals surface area contributed by atoms with Crippen molar-refractivity contribution in [3.63, 3.8) is 0 Å². The summed E-state index contributed by atoms with van der Waals surface area (Å²) in [5, 5.41) is 1.56. The lowest BCUT2D eigenvalue weighted by Crippen LogP contribution is -2.04. The molecule has 0 spiro atoms. The van der Waals surface area contributed by atoms with Crippen molar-refractivity contribution in [2.45, 2.75) is 48.7 Å².